The molecular formula is C25H20N2O3. The number of nitrogens with one attached hydrogen (secondary N) is 2. The third kappa shape index (κ3) is 4.83. The van der Waals surface area contributed by atoms with E-state index < -0.39 is 0 Å². The topological polar surface area (TPSA) is 71.3 Å². The number of hydrogen-bond donors (Lipinski definition) is 2. The second-order valence-electron chi connectivity index (χ2n) is 6.80. The maximum atomic E-state index is 12.4. The minimum Gasteiger partial charge on any atom is -0.459 e. The Labute approximate surface area is 174 Å². The average molecular weight is 396 g/mol. The second-order valence-corrected chi connectivity index (χ2v) is 6.80. The highest BCUT2D eigenvalue weighted by atomic mass is 16.3. The molecule has 2 N–H and O–H groups in total. The Balaban J connectivity index is 1.32. The number of carbonyl (C=O) groups is 2. The molecule has 2 amide bonds. The summed E-state index contributed by atoms with van der Waals surface area (Å²) in [6, 6.07) is 28.3. The molecule has 1 heterocycles. The van der Waals surface area contributed by atoms with Crippen LogP contribution in [-0.4, -0.2) is 11.8 Å². The summed E-state index contributed by atoms with van der Waals surface area (Å²) in [6.45, 7) is 0. The van der Waals surface area contributed by atoms with Crippen LogP contribution in [0.2, 0.25) is 0 Å². The Bertz CT molecular complexity index is 1120. The first-order valence-electron chi connectivity index (χ1n) is 9.56. The molecule has 30 heavy (non-hydrogen) atoms. The molecule has 0 fully saturated rings. The van der Waals surface area contributed by atoms with Gasteiger partial charge in [0.25, 0.3) is 5.91 Å². The maximum Gasteiger partial charge on any atom is 0.291 e. The molecule has 0 aliphatic rings. The molecule has 0 atom stereocenters. The number of anilines is 2. The summed E-state index contributed by atoms with van der Waals surface area (Å²) < 4.78 is 5.06. The first-order valence-corrected chi connectivity index (χ1v) is 9.56. The minimum absolute atomic E-state index is 0.102. The molecule has 0 saturated heterocycles. The van der Waals surface area contributed by atoms with Gasteiger partial charge in [-0.1, -0.05) is 54.6 Å². The van der Waals surface area contributed by atoms with Crippen molar-refractivity contribution in [2.24, 2.45) is 0 Å². The fourth-order valence-electron chi connectivity index (χ4n) is 3.07. The number of hydrogen-bond acceptors (Lipinski definition) is 3. The predicted molar refractivity (Wildman–Crippen MR) is 117 cm³/mol. The summed E-state index contributed by atoms with van der Waals surface area (Å²) in [6.07, 6.45) is 1.73. The smallest absolute Gasteiger partial charge is 0.291 e. The van der Waals surface area contributed by atoms with Crippen molar-refractivity contribution in [3.05, 3.63) is 109 Å². The van der Waals surface area contributed by atoms with Crippen molar-refractivity contribution in [3.8, 4) is 11.1 Å². The van der Waals surface area contributed by atoms with Crippen LogP contribution in [0.4, 0.5) is 11.4 Å². The Kier molecular flexibility index (Phi) is 5.71. The van der Waals surface area contributed by atoms with Gasteiger partial charge in [0.05, 0.1) is 12.7 Å². The van der Waals surface area contributed by atoms with Gasteiger partial charge in [0.15, 0.2) is 5.76 Å². The lowest BCUT2D eigenvalue weighted by Crippen LogP contribution is -2.14. The van der Waals surface area contributed by atoms with Gasteiger partial charge in [-0.15, -0.1) is 0 Å². The van der Waals surface area contributed by atoms with Gasteiger partial charge in [0.2, 0.25) is 5.91 Å². The van der Waals surface area contributed by atoms with E-state index in [1.807, 2.05) is 42.5 Å². The van der Waals surface area contributed by atoms with Crippen molar-refractivity contribution >= 4 is 23.2 Å². The molecule has 0 spiro atoms. The van der Waals surface area contributed by atoms with Gasteiger partial charge < -0.3 is 15.1 Å². The van der Waals surface area contributed by atoms with E-state index in [2.05, 4.69) is 22.8 Å². The van der Waals surface area contributed by atoms with E-state index in [9.17, 15) is 9.59 Å². The maximum absolute atomic E-state index is 12.4. The van der Waals surface area contributed by atoms with Crippen LogP contribution in [0.3, 0.4) is 0 Å². The first-order chi connectivity index (χ1) is 14.7. The van der Waals surface area contributed by atoms with Gasteiger partial charge in [-0.25, -0.2) is 0 Å². The minimum atomic E-state index is -0.323. The van der Waals surface area contributed by atoms with E-state index in [1.165, 1.54) is 6.26 Å². The molecule has 0 radical (unpaired) electrons. The molecule has 0 aliphatic carbocycles. The molecule has 4 aromatic rings. The normalized spacial score (nSPS) is 10.4. The Morgan fingerprint density at radius 2 is 1.30 bits per heavy atom. The number of furan rings is 1. The van der Waals surface area contributed by atoms with Crippen molar-refractivity contribution in [3.63, 3.8) is 0 Å². The standard InChI is InChI=1S/C25H20N2O3/c28-24(17-18-8-10-20(11-9-18)19-5-2-1-3-6-19)26-21-12-14-22(15-13-21)27-25(29)23-7-4-16-30-23/h1-16H,17H2,(H,26,28)(H,27,29). The molecular weight excluding hydrogens is 376 g/mol. The number of rotatable bonds is 6. The van der Waals surface area contributed by atoms with Gasteiger partial charge in [-0.2, -0.15) is 0 Å². The zero-order chi connectivity index (χ0) is 20.8. The lowest BCUT2D eigenvalue weighted by Gasteiger charge is -2.08. The van der Waals surface area contributed by atoms with Crippen molar-refractivity contribution < 1.29 is 14.0 Å². The van der Waals surface area contributed by atoms with E-state index in [4.69, 9.17) is 4.42 Å². The molecule has 0 unspecified atom stereocenters. The molecule has 5 nitrogen and oxygen atoms in total. The highest BCUT2D eigenvalue weighted by Crippen LogP contribution is 2.20. The van der Waals surface area contributed by atoms with Crippen LogP contribution in [0.25, 0.3) is 11.1 Å². The number of amides is 2. The quantitative estimate of drug-likeness (QED) is 0.460. The number of carbonyl (C=O) groups excluding carboxylic acids is 2. The molecule has 0 bridgehead atoms. The molecule has 4 rings (SSSR count). The van der Waals surface area contributed by atoms with Crippen LogP contribution >= 0.6 is 0 Å². The summed E-state index contributed by atoms with van der Waals surface area (Å²) in [7, 11) is 0. The monoisotopic (exact) mass is 396 g/mol. The Hall–Kier alpha value is -4.12. The van der Waals surface area contributed by atoms with E-state index in [-0.39, 0.29) is 24.0 Å². The van der Waals surface area contributed by atoms with Crippen LogP contribution in [-0.2, 0) is 11.2 Å². The third-order valence-electron chi connectivity index (χ3n) is 4.60. The summed E-state index contributed by atoms with van der Waals surface area (Å²) >= 11 is 0. The van der Waals surface area contributed by atoms with E-state index in [0.29, 0.717) is 11.4 Å². The van der Waals surface area contributed by atoms with Crippen molar-refractivity contribution in [2.75, 3.05) is 10.6 Å². The summed E-state index contributed by atoms with van der Waals surface area (Å²) in [5.74, 6) is -0.184. The van der Waals surface area contributed by atoms with E-state index in [0.717, 1.165) is 16.7 Å². The molecule has 0 saturated carbocycles. The van der Waals surface area contributed by atoms with Crippen molar-refractivity contribution in [1.29, 1.82) is 0 Å². The van der Waals surface area contributed by atoms with Gasteiger partial charge in [-0.05, 0) is 53.1 Å². The first kappa shape index (κ1) is 19.2. The fraction of sp³-hybridized carbons (Fsp3) is 0.0400. The van der Waals surface area contributed by atoms with Crippen LogP contribution in [0.1, 0.15) is 16.1 Å². The van der Waals surface area contributed by atoms with Crippen molar-refractivity contribution in [2.45, 2.75) is 6.42 Å². The predicted octanol–water partition coefficient (Wildman–Crippen LogP) is 5.38. The zero-order valence-electron chi connectivity index (χ0n) is 16.2. The summed E-state index contributed by atoms with van der Waals surface area (Å²) in [5.41, 5.74) is 4.48. The summed E-state index contributed by atoms with van der Waals surface area (Å²) in [4.78, 5) is 24.3. The van der Waals surface area contributed by atoms with E-state index >= 15 is 0 Å². The van der Waals surface area contributed by atoms with Crippen molar-refractivity contribution in [1.82, 2.24) is 0 Å². The highest BCUT2D eigenvalue weighted by molar-refractivity contribution is 6.02. The summed E-state index contributed by atoms with van der Waals surface area (Å²) in [5, 5.41) is 5.61. The van der Waals surface area contributed by atoms with Crippen LogP contribution < -0.4 is 10.6 Å². The third-order valence-corrected chi connectivity index (χ3v) is 4.60. The van der Waals surface area contributed by atoms with Gasteiger partial charge >= 0.3 is 0 Å². The van der Waals surface area contributed by atoms with Gasteiger partial charge in [-0.3, -0.25) is 9.59 Å². The Morgan fingerprint density at radius 1 is 0.667 bits per heavy atom. The molecule has 1 aromatic heterocycles. The van der Waals surface area contributed by atoms with Gasteiger partial charge in [0.1, 0.15) is 0 Å². The van der Waals surface area contributed by atoms with Gasteiger partial charge in [0, 0.05) is 11.4 Å². The van der Waals surface area contributed by atoms with Crippen LogP contribution in [0.15, 0.2) is 102 Å². The lowest BCUT2D eigenvalue weighted by atomic mass is 10.0. The lowest BCUT2D eigenvalue weighted by molar-refractivity contribution is -0.115. The highest BCUT2D eigenvalue weighted by Gasteiger charge is 2.09. The van der Waals surface area contributed by atoms with Crippen LogP contribution in [0.5, 0.6) is 0 Å². The molecule has 148 valence electrons. The SMILES string of the molecule is O=C(Cc1ccc(-c2ccccc2)cc1)Nc1ccc(NC(=O)c2ccco2)cc1. The fourth-order valence-corrected chi connectivity index (χ4v) is 3.07. The molecule has 5 heteroatoms. The van der Waals surface area contributed by atoms with Crippen LogP contribution in [0, 0.1) is 0 Å². The zero-order valence-corrected chi connectivity index (χ0v) is 16.2. The second kappa shape index (κ2) is 8.92. The largest absolute Gasteiger partial charge is 0.459 e. The van der Waals surface area contributed by atoms with E-state index in [1.54, 1.807) is 36.4 Å². The molecule has 0 aliphatic heterocycles. The average Bonchev–Trinajstić information content (AvgIpc) is 3.31. The number of benzene rings is 3. The molecule has 3 aromatic carbocycles. The Morgan fingerprint density at radius 3 is 1.93 bits per heavy atom.